The summed E-state index contributed by atoms with van der Waals surface area (Å²) in [6.07, 6.45) is 1.75. The molecule has 3 heterocycles. The van der Waals surface area contributed by atoms with Crippen LogP contribution in [0, 0.1) is 13.8 Å². The van der Waals surface area contributed by atoms with Crippen LogP contribution in [0.4, 0.5) is 30.2 Å². The van der Waals surface area contributed by atoms with Crippen LogP contribution in [0.1, 0.15) is 52.0 Å². The third-order valence-electron chi connectivity index (χ3n) is 7.46. The number of likely N-dealkylation sites (tertiary alicyclic amines) is 1. The number of halogens is 3. The van der Waals surface area contributed by atoms with E-state index >= 15 is 0 Å². The summed E-state index contributed by atoms with van der Waals surface area (Å²) in [5, 5.41) is 10.6. The molecule has 1 saturated heterocycles. The minimum absolute atomic E-state index is 0.0260. The second kappa shape index (κ2) is 10.9. The number of hydrogen-bond donors (Lipinski definition) is 2. The zero-order valence-corrected chi connectivity index (χ0v) is 23.7. The van der Waals surface area contributed by atoms with Crippen molar-refractivity contribution in [2.45, 2.75) is 39.3 Å². The Kier molecular flexibility index (Phi) is 7.52. The first kappa shape index (κ1) is 28.2. The number of benzene rings is 2. The molecular formula is C29H33F3N8O. The summed E-state index contributed by atoms with van der Waals surface area (Å²) in [6.45, 7) is 4.70. The van der Waals surface area contributed by atoms with Crippen LogP contribution >= 0.6 is 0 Å². The van der Waals surface area contributed by atoms with E-state index in [0.29, 0.717) is 12.0 Å². The highest BCUT2D eigenvalue weighted by Gasteiger charge is 2.32. The fourth-order valence-corrected chi connectivity index (χ4v) is 4.94. The minimum Gasteiger partial charge on any atom is -0.363 e. The van der Waals surface area contributed by atoms with Crippen LogP contribution in [0.15, 0.2) is 53.8 Å². The molecular weight excluding hydrogens is 533 g/mol. The van der Waals surface area contributed by atoms with Crippen molar-refractivity contribution in [2.24, 2.45) is 12.0 Å². The van der Waals surface area contributed by atoms with E-state index in [1.54, 1.807) is 34.1 Å². The Labute approximate surface area is 236 Å². The Bertz CT molecular complexity index is 1540. The van der Waals surface area contributed by atoms with Gasteiger partial charge in [0.15, 0.2) is 0 Å². The smallest absolute Gasteiger partial charge is 0.363 e. The molecule has 12 heteroatoms. The number of nitrogens with zero attached hydrogens (tertiary/aromatic N) is 6. The second-order valence-electron chi connectivity index (χ2n) is 10.4. The first-order valence-electron chi connectivity index (χ1n) is 13.3. The van der Waals surface area contributed by atoms with Crippen molar-refractivity contribution in [3.05, 3.63) is 76.7 Å². The molecule has 0 radical (unpaired) electrons. The molecule has 1 aromatic heterocycles. The molecule has 216 valence electrons. The number of carbonyl (C=O) groups is 1. The third-order valence-corrected chi connectivity index (χ3v) is 7.46. The molecule has 41 heavy (non-hydrogen) atoms. The second-order valence-corrected chi connectivity index (χ2v) is 10.4. The largest absolute Gasteiger partial charge is 0.416 e. The van der Waals surface area contributed by atoms with Gasteiger partial charge < -0.3 is 10.2 Å². The van der Waals surface area contributed by atoms with Gasteiger partial charge in [-0.05, 0) is 62.6 Å². The van der Waals surface area contributed by atoms with Gasteiger partial charge in [-0.25, -0.2) is 4.99 Å². The number of hydrogen-bond acceptors (Lipinski definition) is 6. The van der Waals surface area contributed by atoms with Gasteiger partial charge in [0, 0.05) is 62.8 Å². The summed E-state index contributed by atoms with van der Waals surface area (Å²) in [5.41, 5.74) is 7.32. The molecule has 2 N–H and O–H groups in total. The van der Waals surface area contributed by atoms with Crippen molar-refractivity contribution in [2.75, 3.05) is 31.0 Å². The van der Waals surface area contributed by atoms with Gasteiger partial charge in [-0.2, -0.15) is 18.3 Å². The lowest BCUT2D eigenvalue weighted by Gasteiger charge is -2.26. The average Bonchev–Trinajstić information content (AvgIpc) is 3.45. The fourth-order valence-electron chi connectivity index (χ4n) is 4.94. The highest BCUT2D eigenvalue weighted by atomic mass is 19.4. The average molecular weight is 567 g/mol. The number of carbonyl (C=O) groups excluding carboxylic acids is 1. The van der Waals surface area contributed by atoms with E-state index in [1.807, 2.05) is 51.1 Å². The number of hydrazine groups is 2. The number of rotatable bonds is 5. The normalized spacial score (nSPS) is 16.9. The van der Waals surface area contributed by atoms with Crippen molar-refractivity contribution in [3.63, 3.8) is 0 Å². The third kappa shape index (κ3) is 5.92. The molecule has 0 bridgehead atoms. The van der Waals surface area contributed by atoms with Crippen LogP contribution < -0.4 is 15.9 Å². The van der Waals surface area contributed by atoms with Gasteiger partial charge in [0.05, 0.1) is 28.8 Å². The summed E-state index contributed by atoms with van der Waals surface area (Å²) >= 11 is 0. The van der Waals surface area contributed by atoms with Gasteiger partial charge in [-0.3, -0.25) is 19.5 Å². The first-order chi connectivity index (χ1) is 19.4. The predicted molar refractivity (Wildman–Crippen MR) is 153 cm³/mol. The SMILES string of the molecule is Cc1ccc(C(=O)Nc2cc(N=C3CCCCN3C)cc(C(F)(F)F)c2)cc1N1C=C(c2cnn(C)c2C)N(C)N1. The maximum atomic E-state index is 13.7. The van der Waals surface area contributed by atoms with Crippen molar-refractivity contribution in [1.82, 2.24) is 25.2 Å². The lowest BCUT2D eigenvalue weighted by atomic mass is 10.1. The molecule has 1 fully saturated rings. The van der Waals surface area contributed by atoms with Crippen molar-refractivity contribution < 1.29 is 18.0 Å². The summed E-state index contributed by atoms with van der Waals surface area (Å²) in [4.78, 5) is 19.7. The quantitative estimate of drug-likeness (QED) is 0.417. The number of aliphatic imine (C=N–C) groups is 1. The predicted octanol–water partition coefficient (Wildman–Crippen LogP) is 5.62. The van der Waals surface area contributed by atoms with Crippen molar-refractivity contribution >= 4 is 34.5 Å². The number of aryl methyl sites for hydroxylation is 2. The number of anilines is 2. The summed E-state index contributed by atoms with van der Waals surface area (Å²) < 4.78 is 43.0. The van der Waals surface area contributed by atoms with E-state index in [0.717, 1.165) is 65.6 Å². The van der Waals surface area contributed by atoms with E-state index in [9.17, 15) is 18.0 Å². The number of nitrogens with one attached hydrogen (secondary N) is 2. The standard InChI is InChI=1S/C29H33F3N8O/c1-18-9-10-20(12-25(18)40-17-26(39(5)36-40)24-16-33-38(4)19(24)2)28(41)35-23-14-21(29(30,31)32)13-22(15-23)34-27-8-6-7-11-37(27)3/h9-10,12-17,36H,6-8,11H2,1-5H3,(H,35,41). The zero-order valence-electron chi connectivity index (χ0n) is 23.7. The van der Waals surface area contributed by atoms with E-state index in [1.165, 1.54) is 6.07 Å². The van der Waals surface area contributed by atoms with E-state index < -0.39 is 17.6 Å². The Morgan fingerprint density at radius 1 is 1.07 bits per heavy atom. The molecule has 2 aliphatic rings. The summed E-state index contributed by atoms with van der Waals surface area (Å²) in [6, 6.07) is 8.57. The van der Waals surface area contributed by atoms with Crippen LogP contribution in [-0.2, 0) is 13.2 Å². The van der Waals surface area contributed by atoms with Crippen LogP contribution in [0.25, 0.3) is 5.70 Å². The molecule has 0 atom stereocenters. The van der Waals surface area contributed by atoms with Crippen molar-refractivity contribution in [1.29, 1.82) is 0 Å². The molecule has 0 unspecified atom stereocenters. The van der Waals surface area contributed by atoms with Crippen LogP contribution in [0.5, 0.6) is 0 Å². The van der Waals surface area contributed by atoms with Gasteiger partial charge in [0.1, 0.15) is 5.84 Å². The number of amidine groups is 1. The molecule has 0 aliphatic carbocycles. The maximum Gasteiger partial charge on any atom is 0.416 e. The molecule has 5 rings (SSSR count). The van der Waals surface area contributed by atoms with E-state index in [2.05, 4.69) is 20.9 Å². The molecule has 9 nitrogen and oxygen atoms in total. The number of alkyl halides is 3. The Balaban J connectivity index is 1.42. The monoisotopic (exact) mass is 566 g/mol. The van der Waals surface area contributed by atoms with E-state index in [4.69, 9.17) is 0 Å². The molecule has 0 saturated carbocycles. The number of amides is 1. The topological polar surface area (TPSA) is 81.0 Å². The summed E-state index contributed by atoms with van der Waals surface area (Å²) in [7, 11) is 5.64. The van der Waals surface area contributed by atoms with Crippen LogP contribution in [0.2, 0.25) is 0 Å². The zero-order chi connectivity index (χ0) is 29.5. The van der Waals surface area contributed by atoms with Gasteiger partial charge >= 0.3 is 6.18 Å². The fraction of sp³-hybridized carbons (Fsp3) is 0.345. The van der Waals surface area contributed by atoms with Gasteiger partial charge in [-0.1, -0.05) is 6.07 Å². The molecule has 2 aromatic carbocycles. The first-order valence-corrected chi connectivity index (χ1v) is 13.3. The van der Waals surface area contributed by atoms with E-state index in [-0.39, 0.29) is 11.4 Å². The van der Waals surface area contributed by atoms with Gasteiger partial charge in [0.25, 0.3) is 5.91 Å². The molecule has 2 aliphatic heterocycles. The lowest BCUT2D eigenvalue weighted by molar-refractivity contribution is -0.137. The number of aromatic nitrogens is 2. The van der Waals surface area contributed by atoms with Crippen LogP contribution in [-0.4, -0.2) is 52.1 Å². The molecule has 0 spiro atoms. The highest BCUT2D eigenvalue weighted by Crippen LogP contribution is 2.35. The molecule has 1 amide bonds. The van der Waals surface area contributed by atoms with Gasteiger partial charge in [-0.15, -0.1) is 5.53 Å². The minimum atomic E-state index is -4.59. The van der Waals surface area contributed by atoms with Crippen molar-refractivity contribution in [3.8, 4) is 0 Å². The number of piperidine rings is 1. The van der Waals surface area contributed by atoms with Gasteiger partial charge in [0.2, 0.25) is 0 Å². The molecule has 3 aromatic rings. The lowest BCUT2D eigenvalue weighted by Crippen LogP contribution is -2.38. The Hall–Kier alpha value is -4.32. The Morgan fingerprint density at radius 3 is 2.54 bits per heavy atom. The summed E-state index contributed by atoms with van der Waals surface area (Å²) in [5.74, 6) is 0.201. The van der Waals surface area contributed by atoms with Crippen LogP contribution in [0.3, 0.4) is 0 Å². The maximum absolute atomic E-state index is 13.7. The highest BCUT2D eigenvalue weighted by molar-refractivity contribution is 6.05. The Morgan fingerprint density at radius 2 is 1.85 bits per heavy atom.